The third kappa shape index (κ3) is 3.43. The number of hydrogen-bond donors (Lipinski definition) is 1. The fourth-order valence-electron chi connectivity index (χ4n) is 1.69. The summed E-state index contributed by atoms with van der Waals surface area (Å²) in [5, 5.41) is 11.4. The van der Waals surface area contributed by atoms with Crippen molar-refractivity contribution in [2.45, 2.75) is 25.4 Å². The van der Waals surface area contributed by atoms with Crippen LogP contribution in [0.5, 0.6) is 11.6 Å². The van der Waals surface area contributed by atoms with Gasteiger partial charge in [-0.15, -0.1) is 5.10 Å². The Kier molecular flexibility index (Phi) is 3.80. The number of nitrogens with zero attached hydrogens (tertiary/aromatic N) is 2. The molecule has 3 rings (SSSR count). The van der Waals surface area contributed by atoms with Gasteiger partial charge in [0.25, 0.3) is 0 Å². The molecule has 1 aromatic carbocycles. The summed E-state index contributed by atoms with van der Waals surface area (Å²) < 4.78 is 18.5. The van der Waals surface area contributed by atoms with E-state index in [1.54, 1.807) is 6.07 Å². The minimum atomic E-state index is -0.480. The lowest BCUT2D eigenvalue weighted by molar-refractivity contribution is 0.451. The molecule has 0 amide bonds. The van der Waals surface area contributed by atoms with Gasteiger partial charge in [-0.1, -0.05) is 11.6 Å². The van der Waals surface area contributed by atoms with Crippen LogP contribution in [0.1, 0.15) is 18.5 Å². The number of benzene rings is 1. The summed E-state index contributed by atoms with van der Waals surface area (Å²) in [5.74, 6) is 0.295. The molecule has 0 unspecified atom stereocenters. The maximum Gasteiger partial charge on any atom is 0.238 e. The molecule has 0 saturated heterocycles. The molecule has 1 aromatic heterocycles. The Bertz CT molecular complexity index is 602. The van der Waals surface area contributed by atoms with Gasteiger partial charge in [0.15, 0.2) is 0 Å². The lowest BCUT2D eigenvalue weighted by Gasteiger charge is -2.06. The van der Waals surface area contributed by atoms with Crippen LogP contribution in [0.3, 0.4) is 0 Å². The molecule has 104 valence electrons. The van der Waals surface area contributed by atoms with E-state index in [1.807, 2.05) is 6.07 Å². The van der Waals surface area contributed by atoms with Crippen LogP contribution in [-0.2, 0) is 6.54 Å². The first-order valence-corrected chi connectivity index (χ1v) is 6.77. The highest BCUT2D eigenvalue weighted by Gasteiger charge is 2.20. The minimum Gasteiger partial charge on any atom is -0.437 e. The van der Waals surface area contributed by atoms with Crippen LogP contribution in [0.25, 0.3) is 0 Å². The van der Waals surface area contributed by atoms with E-state index in [-0.39, 0.29) is 5.02 Å². The van der Waals surface area contributed by atoms with Crippen LogP contribution in [0, 0.1) is 5.82 Å². The van der Waals surface area contributed by atoms with E-state index in [0.29, 0.717) is 24.2 Å². The predicted octanol–water partition coefficient (Wildman–Crippen LogP) is 3.31. The van der Waals surface area contributed by atoms with Gasteiger partial charge in [0, 0.05) is 24.7 Å². The molecule has 1 saturated carbocycles. The molecule has 1 N–H and O–H groups in total. The van der Waals surface area contributed by atoms with Gasteiger partial charge in [-0.3, -0.25) is 0 Å². The Morgan fingerprint density at radius 2 is 2.10 bits per heavy atom. The molecule has 0 atom stereocenters. The zero-order valence-electron chi connectivity index (χ0n) is 10.6. The van der Waals surface area contributed by atoms with Crippen molar-refractivity contribution in [1.82, 2.24) is 15.5 Å². The molecular formula is C14H13ClFN3O. The van der Waals surface area contributed by atoms with Gasteiger partial charge in [-0.25, -0.2) is 4.39 Å². The largest absolute Gasteiger partial charge is 0.437 e. The van der Waals surface area contributed by atoms with E-state index >= 15 is 0 Å². The van der Waals surface area contributed by atoms with Gasteiger partial charge in [0.1, 0.15) is 11.6 Å². The Balaban J connectivity index is 1.62. The maximum atomic E-state index is 13.0. The van der Waals surface area contributed by atoms with E-state index in [0.717, 1.165) is 5.69 Å². The zero-order valence-corrected chi connectivity index (χ0v) is 11.4. The molecule has 1 fully saturated rings. The highest BCUT2D eigenvalue weighted by Crippen LogP contribution is 2.24. The lowest BCUT2D eigenvalue weighted by atomic mass is 10.3. The molecule has 4 nitrogen and oxygen atoms in total. The summed E-state index contributed by atoms with van der Waals surface area (Å²) in [7, 11) is 0. The van der Waals surface area contributed by atoms with Gasteiger partial charge in [0.05, 0.1) is 10.7 Å². The fraction of sp³-hybridized carbons (Fsp3) is 0.286. The fourth-order valence-corrected chi connectivity index (χ4v) is 1.86. The Hall–Kier alpha value is -1.72. The van der Waals surface area contributed by atoms with Gasteiger partial charge >= 0.3 is 0 Å². The summed E-state index contributed by atoms with van der Waals surface area (Å²) >= 11 is 5.68. The predicted molar refractivity (Wildman–Crippen MR) is 73.4 cm³/mol. The highest BCUT2D eigenvalue weighted by atomic mass is 35.5. The molecule has 0 radical (unpaired) electrons. The first-order valence-electron chi connectivity index (χ1n) is 6.39. The minimum absolute atomic E-state index is 0.0145. The molecule has 20 heavy (non-hydrogen) atoms. The van der Waals surface area contributed by atoms with Crippen molar-refractivity contribution in [3.05, 3.63) is 46.9 Å². The molecule has 1 aliphatic carbocycles. The standard InChI is InChI=1S/C14H13ClFN3O/c15-12-7-11(4-5-13(12)16)20-14-6-3-10(18-19-14)8-17-9-1-2-9/h3-7,9,17H,1-2,8H2. The van der Waals surface area contributed by atoms with E-state index in [9.17, 15) is 4.39 Å². The molecule has 1 heterocycles. The van der Waals surface area contributed by atoms with E-state index in [2.05, 4.69) is 15.5 Å². The summed E-state index contributed by atoms with van der Waals surface area (Å²) in [6.45, 7) is 0.709. The highest BCUT2D eigenvalue weighted by molar-refractivity contribution is 6.30. The molecule has 0 spiro atoms. The SMILES string of the molecule is Fc1ccc(Oc2ccc(CNC3CC3)nn2)cc1Cl. The monoisotopic (exact) mass is 293 g/mol. The maximum absolute atomic E-state index is 13.0. The Morgan fingerprint density at radius 3 is 2.75 bits per heavy atom. The van der Waals surface area contributed by atoms with Crippen LogP contribution >= 0.6 is 11.6 Å². The second-order valence-corrected chi connectivity index (χ2v) is 5.10. The van der Waals surface area contributed by atoms with Crippen molar-refractivity contribution in [3.63, 3.8) is 0 Å². The molecule has 0 aliphatic heterocycles. The van der Waals surface area contributed by atoms with Crippen LogP contribution < -0.4 is 10.1 Å². The molecule has 2 aromatic rings. The van der Waals surface area contributed by atoms with Crippen LogP contribution in [0.4, 0.5) is 4.39 Å². The first kappa shape index (κ1) is 13.3. The number of aromatic nitrogens is 2. The average Bonchev–Trinajstić information content (AvgIpc) is 3.26. The van der Waals surface area contributed by atoms with Gasteiger partial charge in [0.2, 0.25) is 5.88 Å². The first-order chi connectivity index (χ1) is 9.70. The molecule has 6 heteroatoms. The summed E-state index contributed by atoms with van der Waals surface area (Å²) in [5.41, 5.74) is 0.862. The smallest absolute Gasteiger partial charge is 0.238 e. The number of ether oxygens (including phenoxy) is 1. The summed E-state index contributed by atoms with van der Waals surface area (Å²) in [4.78, 5) is 0. The second kappa shape index (κ2) is 5.73. The van der Waals surface area contributed by atoms with Crippen LogP contribution in [0.15, 0.2) is 30.3 Å². The lowest BCUT2D eigenvalue weighted by Crippen LogP contribution is -2.16. The second-order valence-electron chi connectivity index (χ2n) is 4.70. The van der Waals surface area contributed by atoms with Crippen molar-refractivity contribution in [1.29, 1.82) is 0 Å². The topological polar surface area (TPSA) is 47.0 Å². The summed E-state index contributed by atoms with van der Waals surface area (Å²) in [6.07, 6.45) is 2.47. The molecule has 1 aliphatic rings. The quantitative estimate of drug-likeness (QED) is 0.919. The molecular weight excluding hydrogens is 281 g/mol. The summed E-state index contributed by atoms with van der Waals surface area (Å²) in [6, 6.07) is 8.36. The van der Waals surface area contributed by atoms with Crippen LogP contribution in [0.2, 0.25) is 5.02 Å². The van der Waals surface area contributed by atoms with Gasteiger partial charge in [-0.2, -0.15) is 5.10 Å². The van der Waals surface area contributed by atoms with Crippen molar-refractivity contribution in [2.75, 3.05) is 0 Å². The van der Waals surface area contributed by atoms with E-state index in [4.69, 9.17) is 16.3 Å². The van der Waals surface area contributed by atoms with Crippen molar-refractivity contribution in [3.8, 4) is 11.6 Å². The van der Waals surface area contributed by atoms with Crippen molar-refractivity contribution >= 4 is 11.6 Å². The average molecular weight is 294 g/mol. The number of halogens is 2. The number of rotatable bonds is 5. The Morgan fingerprint density at radius 1 is 1.25 bits per heavy atom. The van der Waals surface area contributed by atoms with E-state index < -0.39 is 5.82 Å². The normalized spacial score (nSPS) is 14.3. The third-order valence-electron chi connectivity index (χ3n) is 2.96. The number of hydrogen-bond acceptors (Lipinski definition) is 4. The molecule has 0 bridgehead atoms. The Labute approximate surface area is 120 Å². The van der Waals surface area contributed by atoms with Crippen LogP contribution in [-0.4, -0.2) is 16.2 Å². The number of nitrogens with one attached hydrogen (secondary N) is 1. The van der Waals surface area contributed by atoms with Crippen molar-refractivity contribution < 1.29 is 9.13 Å². The van der Waals surface area contributed by atoms with E-state index in [1.165, 1.54) is 31.0 Å². The van der Waals surface area contributed by atoms with Gasteiger partial charge < -0.3 is 10.1 Å². The third-order valence-corrected chi connectivity index (χ3v) is 3.25. The van der Waals surface area contributed by atoms with Crippen molar-refractivity contribution in [2.24, 2.45) is 0 Å². The van der Waals surface area contributed by atoms with Gasteiger partial charge in [-0.05, 0) is 31.0 Å². The zero-order chi connectivity index (χ0) is 13.9.